The lowest BCUT2D eigenvalue weighted by Gasteiger charge is -2.35. The normalized spacial score (nSPS) is 20.8. The second-order valence-corrected chi connectivity index (χ2v) is 6.77. The van der Waals surface area contributed by atoms with Gasteiger partial charge in [-0.15, -0.1) is 0 Å². The number of hydrogen-bond acceptors (Lipinski definition) is 4. The molecule has 2 atom stereocenters. The second kappa shape index (κ2) is 9.07. The van der Waals surface area contributed by atoms with E-state index < -0.39 is 0 Å². The molecule has 1 fully saturated rings. The molecule has 1 aliphatic rings. The van der Waals surface area contributed by atoms with Gasteiger partial charge in [-0.05, 0) is 50.7 Å². The van der Waals surface area contributed by atoms with Crippen molar-refractivity contribution in [2.45, 2.75) is 39.4 Å². The van der Waals surface area contributed by atoms with Crippen LogP contribution in [0.4, 0.5) is 10.1 Å². The number of hydrogen-bond donors (Lipinski definition) is 3. The molecule has 1 saturated heterocycles. The zero-order valence-corrected chi connectivity index (χ0v) is 15.6. The number of morpholine rings is 1. The van der Waals surface area contributed by atoms with Gasteiger partial charge in [-0.3, -0.25) is 20.5 Å². The number of amides is 1. The summed E-state index contributed by atoms with van der Waals surface area (Å²) in [5.41, 5.74) is 6.25. The number of thiocarbonyl (C=S) groups is 1. The van der Waals surface area contributed by atoms with E-state index in [-0.39, 0.29) is 29.0 Å². The molecule has 0 spiro atoms. The monoisotopic (exact) mass is 368 g/mol. The highest BCUT2D eigenvalue weighted by Gasteiger charge is 2.22. The smallest absolute Gasteiger partial charge is 0.239 e. The first-order valence-electron chi connectivity index (χ1n) is 8.33. The summed E-state index contributed by atoms with van der Waals surface area (Å²) in [6.45, 7) is 8.05. The molecular formula is C17H25FN4O2S. The van der Waals surface area contributed by atoms with Crippen molar-refractivity contribution in [3.05, 3.63) is 29.6 Å². The fourth-order valence-corrected chi connectivity index (χ4v) is 2.92. The molecule has 3 N–H and O–H groups in total. The number of rotatable bonds is 4. The Labute approximate surface area is 153 Å². The Hall–Kier alpha value is -1.77. The predicted molar refractivity (Wildman–Crippen MR) is 99.7 cm³/mol. The van der Waals surface area contributed by atoms with Crippen LogP contribution in [0.1, 0.15) is 25.8 Å². The molecule has 0 saturated carbocycles. The summed E-state index contributed by atoms with van der Waals surface area (Å²) in [6, 6.07) is 4.73. The summed E-state index contributed by atoms with van der Waals surface area (Å²) in [6.07, 6.45) is 0.710. The van der Waals surface area contributed by atoms with Crippen molar-refractivity contribution in [3.63, 3.8) is 0 Å². The van der Waals surface area contributed by atoms with Crippen LogP contribution in [0, 0.1) is 12.7 Å². The Balaban J connectivity index is 1.68. The highest BCUT2D eigenvalue weighted by molar-refractivity contribution is 7.80. The molecule has 0 radical (unpaired) electrons. The fraction of sp³-hybridized carbons (Fsp3) is 0.529. The largest absolute Gasteiger partial charge is 0.373 e. The van der Waals surface area contributed by atoms with Gasteiger partial charge in [-0.25, -0.2) is 4.39 Å². The average Bonchev–Trinajstić information content (AvgIpc) is 2.53. The van der Waals surface area contributed by atoms with Crippen LogP contribution in [-0.4, -0.2) is 47.8 Å². The van der Waals surface area contributed by atoms with Gasteiger partial charge in [0, 0.05) is 31.7 Å². The number of hydrazine groups is 1. The van der Waals surface area contributed by atoms with E-state index in [1.54, 1.807) is 19.1 Å². The molecule has 1 aliphatic heterocycles. The molecule has 25 heavy (non-hydrogen) atoms. The van der Waals surface area contributed by atoms with Gasteiger partial charge < -0.3 is 10.1 Å². The zero-order valence-electron chi connectivity index (χ0n) is 14.8. The molecule has 2 rings (SSSR count). The molecule has 1 amide bonds. The van der Waals surface area contributed by atoms with Crippen LogP contribution in [0.15, 0.2) is 18.2 Å². The number of ether oxygens (including phenoxy) is 1. The lowest BCUT2D eigenvalue weighted by atomic mass is 10.2. The summed E-state index contributed by atoms with van der Waals surface area (Å²) >= 11 is 5.08. The molecule has 0 aliphatic carbocycles. The number of benzene rings is 1. The molecule has 0 bridgehead atoms. The highest BCUT2D eigenvalue weighted by Crippen LogP contribution is 2.13. The maximum absolute atomic E-state index is 13.5. The predicted octanol–water partition coefficient (Wildman–Crippen LogP) is 1.95. The summed E-state index contributed by atoms with van der Waals surface area (Å²) < 4.78 is 19.2. The SMILES string of the molecule is Cc1ccc(NC(=S)NNC(=O)CCN2C[C@@H](C)O[C@H](C)C2)cc1F. The standard InChI is InChI=1S/C17H25FN4O2S/c1-11-4-5-14(8-15(11)18)19-17(25)21-20-16(23)6-7-22-9-12(2)24-13(3)10-22/h4-5,8,12-13H,6-7,9-10H2,1-3H3,(H,20,23)(H2,19,21,25)/t12-,13-/m1/s1. The Morgan fingerprint density at radius 1 is 1.32 bits per heavy atom. The van der Waals surface area contributed by atoms with Crippen molar-refractivity contribution in [1.82, 2.24) is 15.8 Å². The first-order valence-corrected chi connectivity index (χ1v) is 8.74. The number of nitrogens with zero attached hydrogens (tertiary/aromatic N) is 1. The van der Waals surface area contributed by atoms with E-state index in [0.717, 1.165) is 13.1 Å². The van der Waals surface area contributed by atoms with Crippen molar-refractivity contribution in [1.29, 1.82) is 0 Å². The van der Waals surface area contributed by atoms with Crippen molar-refractivity contribution < 1.29 is 13.9 Å². The lowest BCUT2D eigenvalue weighted by Crippen LogP contribution is -2.48. The summed E-state index contributed by atoms with van der Waals surface area (Å²) in [5.74, 6) is -0.475. The van der Waals surface area contributed by atoms with Gasteiger partial charge in [-0.1, -0.05) is 6.07 Å². The second-order valence-electron chi connectivity index (χ2n) is 6.36. The minimum atomic E-state index is -0.314. The lowest BCUT2D eigenvalue weighted by molar-refractivity contribution is -0.123. The molecular weight excluding hydrogens is 343 g/mol. The van der Waals surface area contributed by atoms with Gasteiger partial charge >= 0.3 is 0 Å². The topological polar surface area (TPSA) is 65.6 Å². The zero-order chi connectivity index (χ0) is 18.4. The van der Waals surface area contributed by atoms with Crippen molar-refractivity contribution in [2.75, 3.05) is 25.0 Å². The van der Waals surface area contributed by atoms with E-state index >= 15 is 0 Å². The molecule has 1 aromatic rings. The van der Waals surface area contributed by atoms with E-state index in [2.05, 4.69) is 21.1 Å². The number of halogens is 1. The van der Waals surface area contributed by atoms with E-state index in [9.17, 15) is 9.18 Å². The van der Waals surface area contributed by atoms with Crippen LogP contribution in [0.3, 0.4) is 0 Å². The maximum atomic E-state index is 13.5. The fourth-order valence-electron chi connectivity index (χ4n) is 2.75. The van der Waals surface area contributed by atoms with E-state index in [0.29, 0.717) is 24.2 Å². The van der Waals surface area contributed by atoms with Crippen molar-refractivity contribution in [2.24, 2.45) is 0 Å². The molecule has 0 aromatic heterocycles. The van der Waals surface area contributed by atoms with Crippen LogP contribution in [0.5, 0.6) is 0 Å². The van der Waals surface area contributed by atoms with Crippen molar-refractivity contribution >= 4 is 28.9 Å². The van der Waals surface area contributed by atoms with Crippen LogP contribution < -0.4 is 16.2 Å². The van der Waals surface area contributed by atoms with Crippen LogP contribution >= 0.6 is 12.2 Å². The van der Waals surface area contributed by atoms with Gasteiger partial charge in [-0.2, -0.15) is 0 Å². The number of aryl methyl sites for hydroxylation is 1. The van der Waals surface area contributed by atoms with Crippen LogP contribution in [0.2, 0.25) is 0 Å². The Morgan fingerprint density at radius 2 is 2.00 bits per heavy atom. The minimum absolute atomic E-state index is 0.161. The van der Waals surface area contributed by atoms with E-state index in [1.165, 1.54) is 6.07 Å². The third-order valence-electron chi connectivity index (χ3n) is 3.90. The van der Waals surface area contributed by atoms with Gasteiger partial charge in [0.25, 0.3) is 0 Å². The number of carbonyl (C=O) groups is 1. The molecule has 6 nitrogen and oxygen atoms in total. The summed E-state index contributed by atoms with van der Waals surface area (Å²) in [4.78, 5) is 14.1. The number of carbonyl (C=O) groups excluding carboxylic acids is 1. The van der Waals surface area contributed by atoms with Gasteiger partial charge in [0.15, 0.2) is 5.11 Å². The third-order valence-corrected chi connectivity index (χ3v) is 4.10. The van der Waals surface area contributed by atoms with Gasteiger partial charge in [0.1, 0.15) is 5.82 Å². The summed E-state index contributed by atoms with van der Waals surface area (Å²) in [7, 11) is 0. The van der Waals surface area contributed by atoms with E-state index in [1.807, 2.05) is 13.8 Å². The van der Waals surface area contributed by atoms with Crippen molar-refractivity contribution in [3.8, 4) is 0 Å². The maximum Gasteiger partial charge on any atom is 0.239 e. The molecule has 1 aromatic carbocycles. The first kappa shape index (κ1) is 19.6. The Bertz CT molecular complexity index is 619. The third kappa shape index (κ3) is 6.56. The van der Waals surface area contributed by atoms with Gasteiger partial charge in [0.05, 0.1) is 12.2 Å². The molecule has 138 valence electrons. The number of anilines is 1. The number of nitrogens with one attached hydrogen (secondary N) is 3. The average molecular weight is 368 g/mol. The summed E-state index contributed by atoms with van der Waals surface area (Å²) in [5, 5.41) is 3.02. The minimum Gasteiger partial charge on any atom is -0.373 e. The van der Waals surface area contributed by atoms with Crippen LogP contribution in [0.25, 0.3) is 0 Å². The Morgan fingerprint density at radius 3 is 2.64 bits per heavy atom. The van der Waals surface area contributed by atoms with Gasteiger partial charge in [0.2, 0.25) is 5.91 Å². The highest BCUT2D eigenvalue weighted by atomic mass is 32.1. The Kier molecular flexibility index (Phi) is 7.10. The molecule has 8 heteroatoms. The first-order chi connectivity index (χ1) is 11.8. The quantitative estimate of drug-likeness (QED) is 0.558. The van der Waals surface area contributed by atoms with E-state index in [4.69, 9.17) is 17.0 Å². The molecule has 0 unspecified atom stereocenters. The van der Waals surface area contributed by atoms with Crippen LogP contribution in [-0.2, 0) is 9.53 Å². The molecule has 1 heterocycles.